The maximum absolute atomic E-state index is 11.9. The molecule has 0 bridgehead atoms. The van der Waals surface area contributed by atoms with Crippen LogP contribution in [0, 0.1) is 5.92 Å². The summed E-state index contributed by atoms with van der Waals surface area (Å²) in [4.78, 5) is 13.7. The number of aliphatic hydroxyl groups is 1. The zero-order valence-electron chi connectivity index (χ0n) is 12.6. The van der Waals surface area contributed by atoms with Crippen LogP contribution < -0.4 is 5.32 Å². The van der Waals surface area contributed by atoms with Crippen LogP contribution in [0.15, 0.2) is 0 Å². The van der Waals surface area contributed by atoms with Crippen LogP contribution in [0.2, 0.25) is 0 Å². The molecule has 19 heavy (non-hydrogen) atoms. The third-order valence-electron chi connectivity index (χ3n) is 3.57. The van der Waals surface area contributed by atoms with Crippen LogP contribution >= 0.6 is 0 Å². The van der Waals surface area contributed by atoms with E-state index in [1.165, 1.54) is 0 Å². The Morgan fingerprint density at radius 2 is 2.00 bits per heavy atom. The molecule has 1 amide bonds. The van der Waals surface area contributed by atoms with E-state index < -0.39 is 5.60 Å². The molecule has 2 N–H and O–H groups in total. The number of nitrogens with zero attached hydrogens (tertiary/aromatic N) is 1. The fourth-order valence-corrected chi connectivity index (χ4v) is 2.57. The first kappa shape index (κ1) is 16.2. The van der Waals surface area contributed by atoms with Gasteiger partial charge in [-0.1, -0.05) is 0 Å². The lowest BCUT2D eigenvalue weighted by atomic mass is 9.88. The van der Waals surface area contributed by atoms with E-state index in [1.54, 1.807) is 4.90 Å². The maximum atomic E-state index is 11.9. The second kappa shape index (κ2) is 7.10. The Kier molecular flexibility index (Phi) is 6.07. The molecule has 1 fully saturated rings. The van der Waals surface area contributed by atoms with Gasteiger partial charge in [-0.2, -0.15) is 0 Å². The van der Waals surface area contributed by atoms with Gasteiger partial charge in [0.05, 0.1) is 0 Å². The number of rotatable bonds is 4. The minimum absolute atomic E-state index is 0.206. The number of ether oxygens (including phenoxy) is 1. The summed E-state index contributed by atoms with van der Waals surface area (Å²) in [6.45, 7) is 7.34. The topological polar surface area (TPSA) is 61.8 Å². The lowest BCUT2D eigenvalue weighted by Gasteiger charge is -2.36. The first-order valence-corrected chi connectivity index (χ1v) is 7.13. The van der Waals surface area contributed by atoms with Gasteiger partial charge >= 0.3 is 6.09 Å². The van der Waals surface area contributed by atoms with Gasteiger partial charge in [-0.25, -0.2) is 4.79 Å². The van der Waals surface area contributed by atoms with Crippen LogP contribution in [0.5, 0.6) is 0 Å². The zero-order valence-corrected chi connectivity index (χ0v) is 12.6. The Morgan fingerprint density at radius 3 is 2.42 bits per heavy atom. The summed E-state index contributed by atoms with van der Waals surface area (Å²) in [5.41, 5.74) is -0.432. The molecule has 5 heteroatoms. The molecule has 0 aliphatic carbocycles. The molecule has 1 heterocycles. The van der Waals surface area contributed by atoms with Crippen molar-refractivity contribution in [3.8, 4) is 0 Å². The Bertz CT molecular complexity index is 281. The number of carbonyl (C=O) groups excluding carboxylic acids is 1. The average molecular weight is 272 g/mol. The molecule has 1 aliphatic rings. The minimum atomic E-state index is -0.432. The molecule has 1 saturated heterocycles. The van der Waals surface area contributed by atoms with E-state index in [0.29, 0.717) is 12.0 Å². The molecule has 1 atom stereocenters. The number of hydrogen-bond acceptors (Lipinski definition) is 4. The number of nitrogens with one attached hydrogen (secondary N) is 1. The molecule has 0 aromatic carbocycles. The zero-order chi connectivity index (χ0) is 14.5. The molecule has 0 spiro atoms. The van der Waals surface area contributed by atoms with Crippen molar-refractivity contribution in [2.75, 3.05) is 26.7 Å². The largest absolute Gasteiger partial charge is 0.444 e. The lowest BCUT2D eigenvalue weighted by molar-refractivity contribution is 0.0166. The third-order valence-corrected chi connectivity index (χ3v) is 3.57. The van der Waals surface area contributed by atoms with Gasteiger partial charge in [-0.3, -0.25) is 0 Å². The Hall–Kier alpha value is -0.810. The molecular formula is C14H28N2O3. The van der Waals surface area contributed by atoms with Crippen LogP contribution in [0.1, 0.15) is 40.0 Å². The number of carbonyl (C=O) groups is 1. The number of likely N-dealkylation sites (tertiary alicyclic amines) is 1. The quantitative estimate of drug-likeness (QED) is 0.816. The highest BCUT2D eigenvalue weighted by molar-refractivity contribution is 5.68. The van der Waals surface area contributed by atoms with Crippen LogP contribution in [0.3, 0.4) is 0 Å². The fraction of sp³-hybridized carbons (Fsp3) is 0.929. The molecule has 1 rings (SSSR count). The van der Waals surface area contributed by atoms with Gasteiger partial charge in [0.2, 0.25) is 0 Å². The fourth-order valence-electron chi connectivity index (χ4n) is 2.57. The van der Waals surface area contributed by atoms with Crippen LogP contribution in [0.25, 0.3) is 0 Å². The van der Waals surface area contributed by atoms with Gasteiger partial charge in [-0.15, -0.1) is 0 Å². The van der Waals surface area contributed by atoms with E-state index >= 15 is 0 Å². The summed E-state index contributed by atoms with van der Waals surface area (Å²) in [5, 5.41) is 12.3. The molecule has 5 nitrogen and oxygen atoms in total. The molecule has 0 unspecified atom stereocenters. The summed E-state index contributed by atoms with van der Waals surface area (Å²) in [7, 11) is 1.93. The van der Waals surface area contributed by atoms with Crippen molar-refractivity contribution in [2.24, 2.45) is 5.92 Å². The van der Waals surface area contributed by atoms with Gasteiger partial charge in [0.1, 0.15) is 5.60 Å². The average Bonchev–Trinajstić information content (AvgIpc) is 2.34. The summed E-state index contributed by atoms with van der Waals surface area (Å²) in [6, 6.07) is 0.339. The van der Waals surface area contributed by atoms with E-state index in [9.17, 15) is 4.79 Å². The highest BCUT2D eigenvalue weighted by Gasteiger charge is 2.29. The third kappa shape index (κ3) is 5.37. The molecule has 0 aromatic heterocycles. The summed E-state index contributed by atoms with van der Waals surface area (Å²) >= 11 is 0. The van der Waals surface area contributed by atoms with E-state index in [2.05, 4.69) is 5.32 Å². The summed E-state index contributed by atoms with van der Waals surface area (Å²) in [6.07, 6.45) is 2.48. The first-order valence-electron chi connectivity index (χ1n) is 7.13. The monoisotopic (exact) mass is 272 g/mol. The SMILES string of the molecule is CN[C@H](CCO)C1CCN(C(=O)OC(C)(C)C)CC1. The summed E-state index contributed by atoms with van der Waals surface area (Å²) < 4.78 is 5.38. The van der Waals surface area contributed by atoms with Crippen molar-refractivity contribution in [2.45, 2.75) is 51.7 Å². The molecule has 0 radical (unpaired) electrons. The Morgan fingerprint density at radius 1 is 1.42 bits per heavy atom. The second-order valence-corrected chi connectivity index (χ2v) is 6.21. The van der Waals surface area contributed by atoms with Gasteiger partial charge in [0, 0.05) is 25.7 Å². The summed E-state index contributed by atoms with van der Waals surface area (Å²) in [5.74, 6) is 0.524. The van der Waals surface area contributed by atoms with Crippen molar-refractivity contribution in [1.29, 1.82) is 0 Å². The van der Waals surface area contributed by atoms with Crippen LogP contribution in [0.4, 0.5) is 4.79 Å². The number of aliphatic hydroxyl groups excluding tert-OH is 1. The standard InChI is InChI=1S/C14H28N2O3/c1-14(2,3)19-13(18)16-8-5-11(6-9-16)12(15-4)7-10-17/h11-12,15,17H,5-10H2,1-4H3/t12-/m1/s1. The van der Waals surface area contributed by atoms with E-state index in [4.69, 9.17) is 9.84 Å². The highest BCUT2D eigenvalue weighted by Crippen LogP contribution is 2.23. The van der Waals surface area contributed by atoms with Crippen molar-refractivity contribution in [3.63, 3.8) is 0 Å². The van der Waals surface area contributed by atoms with Crippen LogP contribution in [-0.2, 0) is 4.74 Å². The molecule has 0 saturated carbocycles. The van der Waals surface area contributed by atoms with Crippen LogP contribution in [-0.4, -0.2) is 54.5 Å². The van der Waals surface area contributed by atoms with E-state index in [0.717, 1.165) is 32.4 Å². The molecular weight excluding hydrogens is 244 g/mol. The van der Waals surface area contributed by atoms with E-state index in [-0.39, 0.29) is 12.7 Å². The molecule has 0 aromatic rings. The van der Waals surface area contributed by atoms with Crippen molar-refractivity contribution in [3.05, 3.63) is 0 Å². The van der Waals surface area contributed by atoms with E-state index in [1.807, 2.05) is 27.8 Å². The Balaban J connectivity index is 2.42. The van der Waals surface area contributed by atoms with Gasteiger partial charge in [0.25, 0.3) is 0 Å². The molecule has 112 valence electrons. The first-order chi connectivity index (χ1) is 8.87. The van der Waals surface area contributed by atoms with Gasteiger partial charge in [-0.05, 0) is 53.0 Å². The number of piperidine rings is 1. The minimum Gasteiger partial charge on any atom is -0.444 e. The van der Waals surface area contributed by atoms with Crippen molar-refractivity contribution < 1.29 is 14.6 Å². The predicted octanol–water partition coefficient (Wildman–Crippen LogP) is 1.60. The van der Waals surface area contributed by atoms with Gasteiger partial charge < -0.3 is 20.1 Å². The molecule has 1 aliphatic heterocycles. The maximum Gasteiger partial charge on any atom is 0.410 e. The normalized spacial score (nSPS) is 19.3. The second-order valence-electron chi connectivity index (χ2n) is 6.21. The van der Waals surface area contributed by atoms with Crippen molar-refractivity contribution in [1.82, 2.24) is 10.2 Å². The smallest absolute Gasteiger partial charge is 0.410 e. The number of hydrogen-bond donors (Lipinski definition) is 2. The Labute approximate surface area is 116 Å². The van der Waals surface area contributed by atoms with Crippen molar-refractivity contribution >= 4 is 6.09 Å². The lowest BCUT2D eigenvalue weighted by Crippen LogP contribution is -2.46. The highest BCUT2D eigenvalue weighted by atomic mass is 16.6. The number of amides is 1. The predicted molar refractivity (Wildman–Crippen MR) is 75.1 cm³/mol. The van der Waals surface area contributed by atoms with Gasteiger partial charge in [0.15, 0.2) is 0 Å².